The van der Waals surface area contributed by atoms with Gasteiger partial charge in [-0.3, -0.25) is 0 Å². The van der Waals surface area contributed by atoms with Crippen LogP contribution in [0.3, 0.4) is 0 Å². The largest absolute Gasteiger partial charge is 0.508 e. The van der Waals surface area contributed by atoms with Crippen molar-refractivity contribution in [2.75, 3.05) is 0 Å². The highest BCUT2D eigenvalue weighted by molar-refractivity contribution is 6.59. The van der Waals surface area contributed by atoms with E-state index in [0.717, 1.165) is 6.07 Å². The molecule has 1 heterocycles. The van der Waals surface area contributed by atoms with Crippen LogP contribution in [0.5, 0.6) is 5.75 Å². The zero-order chi connectivity index (χ0) is 22.9. The average Bonchev–Trinajstić information content (AvgIpc) is 3.09. The molecule has 0 atom stereocenters. The van der Waals surface area contributed by atoms with Crippen LogP contribution in [0, 0.1) is 0 Å². The van der Waals surface area contributed by atoms with Gasteiger partial charge in [-0.25, -0.2) is 0 Å². The van der Waals surface area contributed by atoms with Gasteiger partial charge in [-0.15, -0.1) is 0 Å². The summed E-state index contributed by atoms with van der Waals surface area (Å²) in [4.78, 5) is 0. The van der Waals surface area contributed by atoms with Gasteiger partial charge in [-0.05, 0) is 30.3 Å². The number of aromatic hydroxyl groups is 1. The number of hydrogen-bond acceptors (Lipinski definition) is 3. The minimum atomic E-state index is -2.05. The van der Waals surface area contributed by atoms with Crippen molar-refractivity contribution < 1.29 is 26.1 Å². The lowest BCUT2D eigenvalue weighted by atomic mass is 9.79. The number of nitrogens with zero attached hydrogens (tertiary/aromatic N) is 1. The van der Waals surface area contributed by atoms with E-state index in [4.69, 9.17) is 11.0 Å². The molecule has 23 heavy (non-hydrogen) atoms. The van der Waals surface area contributed by atoms with E-state index >= 15 is 0 Å². The Bertz CT molecular complexity index is 1340. The van der Waals surface area contributed by atoms with Crippen molar-refractivity contribution in [1.29, 1.82) is 0 Å². The lowest BCUT2D eigenvalue weighted by Crippen LogP contribution is -2.30. The number of fused-ring (bicyclic) bond motifs is 3. The molecule has 4 nitrogen and oxygen atoms in total. The molecular weight excluding hydrogens is 289 g/mol. The van der Waals surface area contributed by atoms with E-state index in [2.05, 4.69) is 0 Å². The number of hydrogen-bond donors (Lipinski definition) is 3. The molecule has 1 aromatic heterocycles. The maximum Gasteiger partial charge on any atom is 0.492 e. The van der Waals surface area contributed by atoms with Gasteiger partial charge in [0.05, 0.1) is 22.0 Å². The quantitative estimate of drug-likeness (QED) is 0.497. The maximum atomic E-state index is 9.91. The predicted molar refractivity (Wildman–Crippen MR) is 92.3 cm³/mol. The Kier molecular flexibility index (Phi) is 1.72. The number of benzene rings is 3. The van der Waals surface area contributed by atoms with Crippen LogP contribution >= 0.6 is 0 Å². The summed E-state index contributed by atoms with van der Waals surface area (Å²) in [6.45, 7) is 0. The molecule has 0 amide bonds. The summed E-state index contributed by atoms with van der Waals surface area (Å²) < 4.78 is 66.8. The lowest BCUT2D eigenvalue weighted by molar-refractivity contribution is 0.419. The Labute approximate surface area is 144 Å². The van der Waals surface area contributed by atoms with E-state index in [1.807, 2.05) is 0 Å². The van der Waals surface area contributed by atoms with Crippen LogP contribution < -0.4 is 5.46 Å². The summed E-state index contributed by atoms with van der Waals surface area (Å²) in [6, 6.07) is -0.440. The second kappa shape index (κ2) is 5.16. The van der Waals surface area contributed by atoms with Crippen LogP contribution in [-0.4, -0.2) is 26.8 Å². The lowest BCUT2D eigenvalue weighted by Gasteiger charge is -2.11. The van der Waals surface area contributed by atoms with Crippen LogP contribution in [-0.2, 0) is 0 Å². The van der Waals surface area contributed by atoms with Gasteiger partial charge in [0.15, 0.2) is 0 Å². The van der Waals surface area contributed by atoms with Gasteiger partial charge in [0.2, 0.25) is 0 Å². The van der Waals surface area contributed by atoms with Crippen molar-refractivity contribution in [3.63, 3.8) is 0 Å². The van der Waals surface area contributed by atoms with Gasteiger partial charge in [0.25, 0.3) is 0 Å². The fourth-order valence-electron chi connectivity index (χ4n) is 2.57. The van der Waals surface area contributed by atoms with Crippen molar-refractivity contribution in [1.82, 2.24) is 4.57 Å². The van der Waals surface area contributed by atoms with Crippen LogP contribution in [0.15, 0.2) is 66.5 Å². The Morgan fingerprint density at radius 3 is 2.00 bits per heavy atom. The fraction of sp³-hybridized carbons (Fsp3) is 0. The Morgan fingerprint density at radius 2 is 1.43 bits per heavy atom. The number of phenolic OH excluding ortho intramolecular Hbond substituents is 1. The molecule has 0 bridgehead atoms. The normalized spacial score (nSPS) is 16.1. The number of para-hydroxylation sites is 2. The first-order chi connectivity index (χ1) is 14.5. The van der Waals surface area contributed by atoms with Crippen LogP contribution in [0.4, 0.5) is 0 Å². The van der Waals surface area contributed by atoms with Crippen LogP contribution in [0.25, 0.3) is 27.5 Å². The molecule has 0 spiro atoms. The molecule has 0 aliphatic rings. The summed E-state index contributed by atoms with van der Waals surface area (Å²) in [5.74, 6) is -0.427. The number of rotatable bonds is 2. The molecule has 0 aliphatic carbocycles. The van der Waals surface area contributed by atoms with E-state index in [9.17, 15) is 15.2 Å². The van der Waals surface area contributed by atoms with E-state index in [-0.39, 0.29) is 33.0 Å². The van der Waals surface area contributed by atoms with Crippen LogP contribution in [0.2, 0.25) is 0 Å². The topological polar surface area (TPSA) is 65.6 Å². The van der Waals surface area contributed by atoms with Crippen molar-refractivity contribution in [2.24, 2.45) is 0 Å². The molecule has 0 radical (unpaired) electrons. The molecule has 0 saturated heterocycles. The molecule has 3 N–H and O–H groups in total. The van der Waals surface area contributed by atoms with Crippen molar-refractivity contribution in [3.8, 4) is 11.4 Å². The highest BCUT2D eigenvalue weighted by atomic mass is 16.4. The SMILES string of the molecule is [2H]c1c([2H])c([2H])c2c(c1[2H])c1c([2H])c([2H])c([2H])c([2H])c1n2-c1ccc(O)c(B(O)O)c1. The molecule has 5 heteroatoms. The number of phenols is 1. The fourth-order valence-corrected chi connectivity index (χ4v) is 2.57. The molecule has 4 rings (SSSR count). The second-order valence-electron chi connectivity index (χ2n) is 4.90. The standard InChI is InChI=1S/C18H14BNO3/c21-18-10-9-12(11-15(18)19(22)23)20-16-7-3-1-5-13(16)14-6-2-4-8-17(14)20/h1-11,21-23H/i1D,2D,3D,4D,5D,6D,7D,8D. The molecule has 4 aromatic rings. The van der Waals surface area contributed by atoms with Gasteiger partial charge in [-0.1, -0.05) is 36.3 Å². The van der Waals surface area contributed by atoms with E-state index in [1.165, 1.54) is 16.7 Å². The Hall–Kier alpha value is -2.76. The highest BCUT2D eigenvalue weighted by Gasteiger charge is 2.18. The maximum absolute atomic E-state index is 9.91. The average molecular weight is 311 g/mol. The third-order valence-electron chi connectivity index (χ3n) is 3.58. The molecular formula is C18H14BNO3. The number of aromatic nitrogens is 1. The summed E-state index contributed by atoms with van der Waals surface area (Å²) in [5, 5.41) is 28.8. The molecule has 0 unspecified atom stereocenters. The molecule has 112 valence electrons. The molecule has 0 aliphatic heterocycles. The first-order valence-electron chi connectivity index (χ1n) is 10.7. The Morgan fingerprint density at radius 1 is 0.870 bits per heavy atom. The summed E-state index contributed by atoms with van der Waals surface area (Å²) in [5.41, 5.74) is -0.376. The van der Waals surface area contributed by atoms with Crippen molar-refractivity contribution in [2.45, 2.75) is 0 Å². The van der Waals surface area contributed by atoms with E-state index in [1.54, 1.807) is 0 Å². The van der Waals surface area contributed by atoms with Crippen molar-refractivity contribution >= 4 is 34.4 Å². The van der Waals surface area contributed by atoms with Gasteiger partial charge in [0, 0.05) is 21.9 Å². The monoisotopic (exact) mass is 311 g/mol. The third kappa shape index (κ3) is 2.10. The van der Waals surface area contributed by atoms with Gasteiger partial charge < -0.3 is 19.7 Å². The van der Waals surface area contributed by atoms with E-state index in [0.29, 0.717) is 0 Å². The van der Waals surface area contributed by atoms with Gasteiger partial charge in [0.1, 0.15) is 5.75 Å². The van der Waals surface area contributed by atoms with Crippen LogP contribution in [0.1, 0.15) is 11.0 Å². The minimum Gasteiger partial charge on any atom is -0.508 e. The Balaban J connectivity index is 2.37. The molecule has 0 fully saturated rings. The first-order valence-corrected chi connectivity index (χ1v) is 6.69. The molecule has 0 saturated carbocycles. The first kappa shape index (κ1) is 7.68. The van der Waals surface area contributed by atoms with E-state index < -0.39 is 61.2 Å². The van der Waals surface area contributed by atoms with Gasteiger partial charge >= 0.3 is 7.12 Å². The zero-order valence-corrected chi connectivity index (χ0v) is 11.6. The minimum absolute atomic E-state index is 0.0906. The smallest absolute Gasteiger partial charge is 0.492 e. The second-order valence-corrected chi connectivity index (χ2v) is 4.90. The summed E-state index contributed by atoms with van der Waals surface area (Å²) >= 11 is 0. The third-order valence-corrected chi connectivity index (χ3v) is 3.58. The molecule has 3 aromatic carbocycles. The van der Waals surface area contributed by atoms with Crippen molar-refractivity contribution in [3.05, 3.63) is 66.5 Å². The van der Waals surface area contributed by atoms with Gasteiger partial charge in [-0.2, -0.15) is 0 Å². The highest BCUT2D eigenvalue weighted by Crippen LogP contribution is 2.31. The summed E-state index contributed by atoms with van der Waals surface area (Å²) in [7, 11) is -2.05. The predicted octanol–water partition coefficient (Wildman–Crippen LogP) is 2.17. The zero-order valence-electron chi connectivity index (χ0n) is 19.6. The summed E-state index contributed by atoms with van der Waals surface area (Å²) in [6.07, 6.45) is 0.